The zero-order chi connectivity index (χ0) is 14.8. The number of fused-ring (bicyclic) bond motifs is 1. The summed E-state index contributed by atoms with van der Waals surface area (Å²) in [6.07, 6.45) is 2.08. The summed E-state index contributed by atoms with van der Waals surface area (Å²) in [7, 11) is 0. The molecule has 0 aliphatic heterocycles. The number of aryl methyl sites for hydroxylation is 1. The Morgan fingerprint density at radius 2 is 2.14 bits per heavy atom. The van der Waals surface area contributed by atoms with E-state index in [9.17, 15) is 0 Å². The molecule has 0 aliphatic rings. The highest BCUT2D eigenvalue weighted by atomic mass is 16.5. The molecule has 0 amide bonds. The molecule has 5 heteroatoms. The molecule has 21 heavy (non-hydrogen) atoms. The largest absolute Gasteiger partial charge is 0.340 e. The maximum Gasteiger partial charge on any atom is 0.223 e. The Hall–Kier alpha value is -2.14. The van der Waals surface area contributed by atoms with E-state index >= 15 is 0 Å². The zero-order valence-corrected chi connectivity index (χ0v) is 12.6. The Bertz CT molecular complexity index is 742. The van der Waals surface area contributed by atoms with Crippen molar-refractivity contribution >= 4 is 10.9 Å². The van der Waals surface area contributed by atoms with Crippen molar-refractivity contribution in [2.24, 2.45) is 0 Å². The first-order valence-electron chi connectivity index (χ1n) is 7.23. The van der Waals surface area contributed by atoms with Crippen LogP contribution in [0.25, 0.3) is 10.9 Å². The Morgan fingerprint density at radius 1 is 1.29 bits per heavy atom. The topological polar surface area (TPSA) is 55.9 Å². The smallest absolute Gasteiger partial charge is 0.223 e. The molecule has 0 atom stereocenters. The molecule has 1 aromatic carbocycles. The number of hydrogen-bond acceptors (Lipinski definition) is 4. The highest BCUT2D eigenvalue weighted by molar-refractivity contribution is 5.83. The van der Waals surface area contributed by atoms with Crippen molar-refractivity contribution in [1.29, 1.82) is 0 Å². The fraction of sp³-hybridized carbons (Fsp3) is 0.375. The molecule has 0 saturated heterocycles. The maximum atomic E-state index is 5.05. The second-order valence-corrected chi connectivity index (χ2v) is 5.56. The molecule has 110 valence electrons. The standard InChI is InChI=1S/C16H20N4O/c1-11(2)17-9-14-6-4-5-13-7-8-20(16(13)14)10-15-18-12(3)21-19-15/h4-8,11,17H,9-10H2,1-3H3. The van der Waals surface area contributed by atoms with Crippen molar-refractivity contribution in [3.63, 3.8) is 0 Å². The van der Waals surface area contributed by atoms with E-state index in [2.05, 4.69) is 64.3 Å². The van der Waals surface area contributed by atoms with Crippen molar-refractivity contribution in [3.05, 3.63) is 47.7 Å². The first-order valence-corrected chi connectivity index (χ1v) is 7.23. The van der Waals surface area contributed by atoms with Gasteiger partial charge in [0.2, 0.25) is 5.89 Å². The molecule has 1 N–H and O–H groups in total. The number of benzene rings is 1. The number of hydrogen-bond donors (Lipinski definition) is 1. The summed E-state index contributed by atoms with van der Waals surface area (Å²) in [6.45, 7) is 7.59. The summed E-state index contributed by atoms with van der Waals surface area (Å²) in [5, 5.41) is 8.69. The number of para-hydroxylation sites is 1. The third-order valence-electron chi connectivity index (χ3n) is 3.45. The van der Waals surface area contributed by atoms with Gasteiger partial charge in [0, 0.05) is 25.7 Å². The van der Waals surface area contributed by atoms with E-state index in [1.807, 2.05) is 6.92 Å². The predicted octanol–water partition coefficient (Wildman–Crippen LogP) is 2.88. The lowest BCUT2D eigenvalue weighted by atomic mass is 10.1. The van der Waals surface area contributed by atoms with E-state index in [1.165, 1.54) is 16.5 Å². The SMILES string of the molecule is Cc1nc(Cn2ccc3cccc(CNC(C)C)c32)no1. The minimum atomic E-state index is 0.462. The first-order chi connectivity index (χ1) is 10.1. The van der Waals surface area contributed by atoms with E-state index in [0.717, 1.165) is 6.54 Å². The lowest BCUT2D eigenvalue weighted by Gasteiger charge is -2.11. The summed E-state index contributed by atoms with van der Waals surface area (Å²) in [6, 6.07) is 8.98. The number of aromatic nitrogens is 3. The van der Waals surface area contributed by atoms with Crippen LogP contribution >= 0.6 is 0 Å². The van der Waals surface area contributed by atoms with E-state index in [0.29, 0.717) is 24.3 Å². The van der Waals surface area contributed by atoms with Crippen LogP contribution in [0, 0.1) is 6.92 Å². The second kappa shape index (κ2) is 5.69. The highest BCUT2D eigenvalue weighted by Gasteiger charge is 2.10. The van der Waals surface area contributed by atoms with Crippen LogP contribution in [0.1, 0.15) is 31.1 Å². The lowest BCUT2D eigenvalue weighted by Crippen LogP contribution is -2.22. The van der Waals surface area contributed by atoms with E-state index < -0.39 is 0 Å². The van der Waals surface area contributed by atoms with Gasteiger partial charge >= 0.3 is 0 Å². The highest BCUT2D eigenvalue weighted by Crippen LogP contribution is 2.21. The van der Waals surface area contributed by atoms with Crippen molar-refractivity contribution < 1.29 is 4.52 Å². The van der Waals surface area contributed by atoms with Crippen molar-refractivity contribution in [2.75, 3.05) is 0 Å². The third-order valence-corrected chi connectivity index (χ3v) is 3.45. The Balaban J connectivity index is 1.95. The van der Waals surface area contributed by atoms with Gasteiger partial charge in [0.05, 0.1) is 12.1 Å². The monoisotopic (exact) mass is 284 g/mol. The van der Waals surface area contributed by atoms with E-state index in [1.54, 1.807) is 0 Å². The average Bonchev–Trinajstić information content (AvgIpc) is 3.04. The maximum absolute atomic E-state index is 5.05. The average molecular weight is 284 g/mol. The van der Waals surface area contributed by atoms with Gasteiger partial charge in [-0.3, -0.25) is 0 Å². The Kier molecular flexibility index (Phi) is 3.75. The third kappa shape index (κ3) is 2.97. The molecule has 0 unspecified atom stereocenters. The number of nitrogens with one attached hydrogen (secondary N) is 1. The van der Waals surface area contributed by atoms with Gasteiger partial charge in [-0.25, -0.2) is 0 Å². The van der Waals surface area contributed by atoms with Gasteiger partial charge in [0.25, 0.3) is 0 Å². The van der Waals surface area contributed by atoms with Gasteiger partial charge in [-0.1, -0.05) is 37.2 Å². The van der Waals surface area contributed by atoms with Gasteiger partial charge in [-0.15, -0.1) is 0 Å². The van der Waals surface area contributed by atoms with E-state index in [-0.39, 0.29) is 0 Å². The van der Waals surface area contributed by atoms with Crippen LogP contribution in [0.2, 0.25) is 0 Å². The number of nitrogens with zero attached hydrogens (tertiary/aromatic N) is 3. The fourth-order valence-corrected chi connectivity index (χ4v) is 2.49. The van der Waals surface area contributed by atoms with Gasteiger partial charge in [-0.2, -0.15) is 4.98 Å². The molecule has 3 rings (SSSR count). The lowest BCUT2D eigenvalue weighted by molar-refractivity contribution is 0.386. The van der Waals surface area contributed by atoms with Crippen LogP contribution in [0.3, 0.4) is 0 Å². The first kappa shape index (κ1) is 13.8. The van der Waals surface area contributed by atoms with Crippen LogP contribution in [0.4, 0.5) is 0 Å². The van der Waals surface area contributed by atoms with Gasteiger partial charge in [0.1, 0.15) is 0 Å². The van der Waals surface area contributed by atoms with Crippen LogP contribution in [0.15, 0.2) is 35.0 Å². The molecule has 2 aromatic heterocycles. The van der Waals surface area contributed by atoms with Crippen LogP contribution in [0.5, 0.6) is 0 Å². The summed E-state index contributed by atoms with van der Waals surface area (Å²) < 4.78 is 7.23. The normalized spacial score (nSPS) is 11.6. The van der Waals surface area contributed by atoms with Crippen LogP contribution < -0.4 is 5.32 Å². The molecule has 0 fully saturated rings. The van der Waals surface area contributed by atoms with E-state index in [4.69, 9.17) is 4.52 Å². The molecular formula is C16H20N4O. The number of rotatable bonds is 5. The summed E-state index contributed by atoms with van der Waals surface area (Å²) in [5.41, 5.74) is 2.51. The molecule has 0 saturated carbocycles. The minimum absolute atomic E-state index is 0.462. The van der Waals surface area contributed by atoms with Gasteiger partial charge in [-0.05, 0) is 17.0 Å². The molecule has 0 aliphatic carbocycles. The summed E-state index contributed by atoms with van der Waals surface area (Å²) >= 11 is 0. The Labute approximate surface area is 124 Å². The molecule has 5 nitrogen and oxygen atoms in total. The zero-order valence-electron chi connectivity index (χ0n) is 12.6. The Morgan fingerprint density at radius 3 is 2.86 bits per heavy atom. The fourth-order valence-electron chi connectivity index (χ4n) is 2.49. The molecule has 2 heterocycles. The molecule has 3 aromatic rings. The van der Waals surface area contributed by atoms with Crippen LogP contribution in [-0.4, -0.2) is 20.7 Å². The van der Waals surface area contributed by atoms with Crippen molar-refractivity contribution in [2.45, 2.75) is 39.9 Å². The molecular weight excluding hydrogens is 264 g/mol. The second-order valence-electron chi connectivity index (χ2n) is 5.56. The summed E-state index contributed by atoms with van der Waals surface area (Å²) in [5.74, 6) is 1.31. The summed E-state index contributed by atoms with van der Waals surface area (Å²) in [4.78, 5) is 4.28. The molecule has 0 spiro atoms. The van der Waals surface area contributed by atoms with Gasteiger partial charge < -0.3 is 14.4 Å². The molecule has 0 radical (unpaired) electrons. The van der Waals surface area contributed by atoms with Crippen molar-refractivity contribution in [1.82, 2.24) is 20.0 Å². The minimum Gasteiger partial charge on any atom is -0.340 e. The quantitative estimate of drug-likeness (QED) is 0.782. The van der Waals surface area contributed by atoms with Crippen molar-refractivity contribution in [3.8, 4) is 0 Å². The van der Waals surface area contributed by atoms with Gasteiger partial charge in [0.15, 0.2) is 5.82 Å². The predicted molar refractivity (Wildman–Crippen MR) is 82.1 cm³/mol. The molecule has 0 bridgehead atoms. The van der Waals surface area contributed by atoms with Crippen LogP contribution in [-0.2, 0) is 13.1 Å².